The first kappa shape index (κ1) is 34.9. The number of halogens is 1. The van der Waals surface area contributed by atoms with Crippen molar-refractivity contribution in [3.8, 4) is 33.8 Å². The molecule has 1 aliphatic carbocycles. The van der Waals surface area contributed by atoms with E-state index in [2.05, 4.69) is 46.7 Å². The summed E-state index contributed by atoms with van der Waals surface area (Å²) in [6, 6.07) is 32.1. The van der Waals surface area contributed by atoms with Crippen LogP contribution in [0.1, 0.15) is 82.8 Å². The fourth-order valence-corrected chi connectivity index (χ4v) is 8.61. The Hall–Kier alpha value is -4.29. The van der Waals surface area contributed by atoms with Gasteiger partial charge in [-0.25, -0.2) is 4.98 Å². The van der Waals surface area contributed by atoms with Crippen molar-refractivity contribution in [1.82, 2.24) is 15.0 Å². The minimum atomic E-state index is -1.67. The zero-order chi connectivity index (χ0) is 43.2. The van der Waals surface area contributed by atoms with Crippen LogP contribution in [0.2, 0.25) is 19.6 Å². The van der Waals surface area contributed by atoms with Gasteiger partial charge in [0.2, 0.25) is 5.71 Å². The van der Waals surface area contributed by atoms with E-state index in [-0.39, 0.29) is 37.5 Å². The molecule has 0 bridgehead atoms. The Bertz CT molecular complexity index is 2640. The molecule has 56 heavy (non-hydrogen) atoms. The number of furan rings is 1. The molecule has 4 nitrogen and oxygen atoms in total. The van der Waals surface area contributed by atoms with Crippen LogP contribution < -0.4 is 5.19 Å². The Morgan fingerprint density at radius 1 is 0.875 bits per heavy atom. The molecule has 0 atom stereocenters. The van der Waals surface area contributed by atoms with Crippen LogP contribution in [0.3, 0.4) is 0 Å². The molecule has 7 aromatic rings. The van der Waals surface area contributed by atoms with Crippen molar-refractivity contribution in [3.63, 3.8) is 0 Å². The largest absolute Gasteiger partial charge is 0.486 e. The zero-order valence-corrected chi connectivity index (χ0v) is 36.6. The molecule has 0 saturated heterocycles. The predicted molar refractivity (Wildman–Crippen MR) is 229 cm³/mol. The Morgan fingerprint density at radius 3 is 2.27 bits per heavy atom. The van der Waals surface area contributed by atoms with Gasteiger partial charge in [0.1, 0.15) is 0 Å². The molecule has 8 rings (SSSR count). The molecular weight excluding hydrogens is 886 g/mol. The van der Waals surface area contributed by atoms with Crippen LogP contribution in [0.4, 0.5) is 4.39 Å². The van der Waals surface area contributed by atoms with Crippen LogP contribution in [0, 0.1) is 29.8 Å². The summed E-state index contributed by atoms with van der Waals surface area (Å²) in [4.78, 5) is 13.9. The standard InChI is InChI=1S/C31H28FN2O.C18H24NSi.Ir/c1-19(2)25-18-33-28(17-22(25)16-20-8-6-7-9-20)23-12-14-26(32)29-24-13-15-27(21-10-4-3-5-11-21)34-31(24)35-30(23)29;1-14(2)11-16-12-17(15-9-7-6-8-10-15)19-13-18(16)20(3,4)5;/h3-5,10-11,13-15,17-20H,6-9,16H2,1-2H3;6-9,12-14H,11H2,1-5H3;/q2*-1;/i16D2,19D;11D2;. The summed E-state index contributed by atoms with van der Waals surface area (Å²) in [6.07, 6.45) is 4.13. The molecule has 1 radical (unpaired) electrons. The van der Waals surface area contributed by atoms with Crippen molar-refractivity contribution in [2.75, 3.05) is 0 Å². The summed E-state index contributed by atoms with van der Waals surface area (Å²) in [7, 11) is -1.67. The number of nitrogens with zero attached hydrogens (tertiary/aromatic N) is 3. The van der Waals surface area contributed by atoms with Crippen molar-refractivity contribution < 1.29 is 35.8 Å². The molecule has 0 amide bonds. The summed E-state index contributed by atoms with van der Waals surface area (Å²) in [5.74, 6) is -1.71. The Labute approximate surface area is 353 Å². The normalized spacial score (nSPS) is 15.3. The van der Waals surface area contributed by atoms with Crippen molar-refractivity contribution in [1.29, 1.82) is 0 Å². The third kappa shape index (κ3) is 9.28. The molecule has 0 spiro atoms. The van der Waals surface area contributed by atoms with E-state index < -0.39 is 32.5 Å². The predicted octanol–water partition coefficient (Wildman–Crippen LogP) is 12.8. The van der Waals surface area contributed by atoms with E-state index in [4.69, 9.17) is 11.3 Å². The molecule has 4 aromatic heterocycles. The topological polar surface area (TPSA) is 51.8 Å². The zero-order valence-electron chi connectivity index (χ0n) is 38.2. The molecule has 1 aliphatic rings. The number of rotatable bonds is 9. The first-order valence-electron chi connectivity index (χ1n) is 21.8. The van der Waals surface area contributed by atoms with Gasteiger partial charge in [-0.05, 0) is 75.7 Å². The maximum absolute atomic E-state index is 15.1. The van der Waals surface area contributed by atoms with Gasteiger partial charge in [0.05, 0.1) is 19.4 Å². The molecule has 0 aliphatic heterocycles. The molecule has 0 unspecified atom stereocenters. The summed E-state index contributed by atoms with van der Waals surface area (Å²) in [5, 5.41) is 1.96. The van der Waals surface area contributed by atoms with Crippen LogP contribution in [0.25, 0.3) is 55.8 Å². The van der Waals surface area contributed by atoms with E-state index in [1.165, 1.54) is 6.07 Å². The average Bonchev–Trinajstić information content (AvgIpc) is 3.91. The van der Waals surface area contributed by atoms with E-state index in [0.29, 0.717) is 38.9 Å². The van der Waals surface area contributed by atoms with Gasteiger partial charge < -0.3 is 14.4 Å². The Balaban J connectivity index is 0.000000232. The van der Waals surface area contributed by atoms with E-state index in [0.717, 1.165) is 58.9 Å². The summed E-state index contributed by atoms with van der Waals surface area (Å²) in [6.45, 7) is 14.1. The van der Waals surface area contributed by atoms with Crippen LogP contribution in [-0.2, 0) is 32.9 Å². The maximum atomic E-state index is 15.1. The van der Waals surface area contributed by atoms with Gasteiger partial charge in [-0.15, -0.1) is 48.0 Å². The minimum Gasteiger partial charge on any atom is -0.486 e. The second-order valence-corrected chi connectivity index (χ2v) is 21.0. The van der Waals surface area contributed by atoms with Gasteiger partial charge in [-0.1, -0.05) is 127 Å². The number of hydrogen-bond acceptors (Lipinski definition) is 4. The van der Waals surface area contributed by atoms with Crippen LogP contribution >= 0.6 is 0 Å². The van der Waals surface area contributed by atoms with Gasteiger partial charge >= 0.3 is 0 Å². The fourth-order valence-electron chi connectivity index (χ4n) is 7.21. The fraction of sp³-hybridized carbons (Fsp3) is 0.327. The second-order valence-electron chi connectivity index (χ2n) is 15.9. The Morgan fingerprint density at radius 2 is 1.59 bits per heavy atom. The molecule has 1 saturated carbocycles. The van der Waals surface area contributed by atoms with Gasteiger partial charge in [-0.3, -0.25) is 4.39 Å². The summed E-state index contributed by atoms with van der Waals surface area (Å²) >= 11 is 0. The molecule has 3 aromatic carbocycles. The third-order valence-corrected chi connectivity index (χ3v) is 12.0. The van der Waals surface area contributed by atoms with Crippen molar-refractivity contribution in [3.05, 3.63) is 132 Å². The van der Waals surface area contributed by atoms with Crippen molar-refractivity contribution in [2.24, 2.45) is 11.8 Å². The number of benzene rings is 3. The first-order chi connectivity index (χ1) is 28.3. The first-order valence-corrected chi connectivity index (χ1v) is 22.8. The van der Waals surface area contributed by atoms with Gasteiger partial charge in [0.25, 0.3) is 0 Å². The van der Waals surface area contributed by atoms with Crippen molar-refractivity contribution in [2.45, 2.75) is 91.7 Å². The van der Waals surface area contributed by atoms with Gasteiger partial charge in [0.15, 0.2) is 0 Å². The number of aromatic nitrogens is 3. The van der Waals surface area contributed by atoms with E-state index in [1.54, 1.807) is 26.1 Å². The monoisotopic (exact) mass is 943 g/mol. The molecule has 4 heterocycles. The van der Waals surface area contributed by atoms with Crippen molar-refractivity contribution >= 4 is 35.3 Å². The van der Waals surface area contributed by atoms with E-state index in [1.807, 2.05) is 92.8 Å². The number of hydrogen-bond donors (Lipinski definition) is 0. The average molecular weight is 943 g/mol. The molecule has 0 N–H and O–H groups in total. The van der Waals surface area contributed by atoms with E-state index >= 15 is 4.39 Å². The SMILES string of the molecule is [2H]C(C)(C)c1cnc(-c2[c-]cc(F)c3c2oc2nc(-c4ccccc4)ccc23)cc1C([2H])([2H])C1CCCC1.[2H]C([2H])(c1cc(-c2[c-]cccc2)ncc1[Si](C)(C)C)C(C)C.[Ir]. The molecule has 1 fully saturated rings. The van der Waals surface area contributed by atoms with Crippen LogP contribution in [0.5, 0.6) is 0 Å². The third-order valence-electron chi connectivity index (χ3n) is 9.99. The minimum absolute atomic E-state index is 0. The van der Waals surface area contributed by atoms with Gasteiger partial charge in [0, 0.05) is 56.1 Å². The van der Waals surface area contributed by atoms with Gasteiger partial charge in [-0.2, -0.15) is 0 Å². The quantitative estimate of drug-likeness (QED) is 0.107. The Kier molecular flexibility index (Phi) is 11.1. The maximum Gasteiger partial charge on any atom is 0.216 e. The molecular formula is C49H52FIrN3OSi-2. The number of pyridine rings is 3. The van der Waals surface area contributed by atoms with E-state index in [9.17, 15) is 0 Å². The van der Waals surface area contributed by atoms with Crippen LogP contribution in [-0.4, -0.2) is 23.0 Å². The second kappa shape index (κ2) is 17.9. The molecule has 7 heteroatoms. The number of fused-ring (bicyclic) bond motifs is 3. The van der Waals surface area contributed by atoms with Crippen LogP contribution in [0.15, 0.2) is 102 Å². The smallest absolute Gasteiger partial charge is 0.216 e. The summed E-state index contributed by atoms with van der Waals surface area (Å²) < 4.78 is 65.2. The summed E-state index contributed by atoms with van der Waals surface area (Å²) in [5.41, 5.74) is 6.61. The molecule has 291 valence electrons.